The van der Waals surface area contributed by atoms with E-state index in [1.54, 1.807) is 0 Å². The zero-order valence-electron chi connectivity index (χ0n) is 9.84. The number of ether oxygens (including phenoxy) is 1. The van der Waals surface area contributed by atoms with Crippen molar-refractivity contribution in [3.8, 4) is 0 Å². The van der Waals surface area contributed by atoms with E-state index in [4.69, 9.17) is 9.84 Å². The summed E-state index contributed by atoms with van der Waals surface area (Å²) in [5, 5.41) is 9.16. The maximum absolute atomic E-state index is 11.3. The molecule has 0 unspecified atom stereocenters. The zero-order chi connectivity index (χ0) is 12.1. The summed E-state index contributed by atoms with van der Waals surface area (Å²) in [5.41, 5.74) is 1.14. The summed E-state index contributed by atoms with van der Waals surface area (Å²) in [7, 11) is 0. The Bertz CT molecular complexity index is 361. The third kappa shape index (κ3) is 3.38. The van der Waals surface area contributed by atoms with E-state index < -0.39 is 0 Å². The van der Waals surface area contributed by atoms with Crippen LogP contribution in [0, 0.1) is 11.8 Å². The van der Waals surface area contributed by atoms with Gasteiger partial charge in [0.25, 0.3) is 0 Å². The number of hydrogen-bond donors (Lipinski definition) is 1. The Hall–Kier alpha value is -1.19. The van der Waals surface area contributed by atoms with E-state index in [0.717, 1.165) is 5.56 Å². The van der Waals surface area contributed by atoms with Crippen LogP contribution in [0.2, 0.25) is 0 Å². The number of hydrogen-bond acceptors (Lipinski definition) is 3. The monoisotopic (exact) mass is 234 g/mol. The summed E-state index contributed by atoms with van der Waals surface area (Å²) in [4.78, 5) is 11.3. The predicted molar refractivity (Wildman–Crippen MR) is 64.4 cm³/mol. The van der Waals surface area contributed by atoms with Gasteiger partial charge >= 0.3 is 0 Å². The van der Waals surface area contributed by atoms with Crippen LogP contribution in [0.25, 0.3) is 0 Å². The maximum Gasteiger partial charge on any atom is 0.133 e. The minimum Gasteiger partial charge on any atom is -0.396 e. The molecule has 0 radical (unpaired) electrons. The van der Waals surface area contributed by atoms with E-state index in [1.807, 2.05) is 30.3 Å². The molecule has 0 aromatic heterocycles. The normalized spacial score (nSPS) is 24.2. The van der Waals surface area contributed by atoms with Crippen LogP contribution in [-0.2, 0) is 16.1 Å². The minimum absolute atomic E-state index is 0.0884. The summed E-state index contributed by atoms with van der Waals surface area (Å²) in [5.74, 6) is 0.534. The Labute approximate surface area is 101 Å². The van der Waals surface area contributed by atoms with Crippen molar-refractivity contribution in [2.75, 3.05) is 13.2 Å². The standard InChI is InChI=1S/C14H18O3/c15-8-12-6-14(16)7-13(12)10-17-9-11-4-2-1-3-5-11/h1-5,12-13,15H,6-10H2/t12-,13-/m0/s1. The SMILES string of the molecule is O=C1C[C@@H](CO)[C@H](COCc2ccccc2)C1. The van der Waals surface area contributed by atoms with Gasteiger partial charge in [-0.3, -0.25) is 4.79 Å². The van der Waals surface area contributed by atoms with Crippen LogP contribution in [0.4, 0.5) is 0 Å². The van der Waals surface area contributed by atoms with Crippen LogP contribution >= 0.6 is 0 Å². The van der Waals surface area contributed by atoms with E-state index >= 15 is 0 Å². The van der Waals surface area contributed by atoms with Crippen molar-refractivity contribution >= 4 is 5.78 Å². The molecular formula is C14H18O3. The van der Waals surface area contributed by atoms with Crippen molar-refractivity contribution in [1.82, 2.24) is 0 Å². The molecule has 92 valence electrons. The van der Waals surface area contributed by atoms with E-state index in [0.29, 0.717) is 26.1 Å². The molecule has 3 heteroatoms. The second-order valence-electron chi connectivity index (χ2n) is 4.65. The average Bonchev–Trinajstić information content (AvgIpc) is 2.71. The molecule has 1 N–H and O–H groups in total. The van der Waals surface area contributed by atoms with Gasteiger partial charge < -0.3 is 9.84 Å². The molecule has 17 heavy (non-hydrogen) atoms. The highest BCUT2D eigenvalue weighted by atomic mass is 16.5. The molecule has 0 aliphatic heterocycles. The second-order valence-corrected chi connectivity index (χ2v) is 4.65. The first-order valence-electron chi connectivity index (χ1n) is 6.04. The molecule has 1 aromatic rings. The average molecular weight is 234 g/mol. The van der Waals surface area contributed by atoms with Crippen LogP contribution < -0.4 is 0 Å². The molecule has 1 aliphatic rings. The van der Waals surface area contributed by atoms with Gasteiger partial charge in [0.05, 0.1) is 13.2 Å². The Balaban J connectivity index is 1.77. The molecule has 2 atom stereocenters. The molecule has 0 saturated heterocycles. The third-order valence-electron chi connectivity index (χ3n) is 3.32. The van der Waals surface area contributed by atoms with Gasteiger partial charge in [0.2, 0.25) is 0 Å². The van der Waals surface area contributed by atoms with Crippen LogP contribution in [-0.4, -0.2) is 24.1 Å². The van der Waals surface area contributed by atoms with Crippen molar-refractivity contribution in [1.29, 1.82) is 0 Å². The quantitative estimate of drug-likeness (QED) is 0.845. The molecule has 1 aliphatic carbocycles. The molecule has 1 saturated carbocycles. The van der Waals surface area contributed by atoms with Crippen LogP contribution in [0.3, 0.4) is 0 Å². The molecule has 2 rings (SSSR count). The topological polar surface area (TPSA) is 46.5 Å². The Morgan fingerprint density at radius 2 is 1.88 bits per heavy atom. The summed E-state index contributed by atoms with van der Waals surface area (Å²) in [6.07, 6.45) is 1.07. The highest BCUT2D eigenvalue weighted by Crippen LogP contribution is 2.29. The number of ketones is 1. The fraction of sp³-hybridized carbons (Fsp3) is 0.500. The van der Waals surface area contributed by atoms with Gasteiger partial charge in [0.1, 0.15) is 5.78 Å². The second kappa shape index (κ2) is 5.94. The molecule has 0 heterocycles. The first-order chi connectivity index (χ1) is 8.29. The molecule has 0 bridgehead atoms. The van der Waals surface area contributed by atoms with Gasteiger partial charge in [-0.25, -0.2) is 0 Å². The number of Topliss-reactive ketones (excluding diaryl/α,β-unsaturated/α-hetero) is 1. The van der Waals surface area contributed by atoms with Crippen LogP contribution in [0.15, 0.2) is 30.3 Å². The van der Waals surface area contributed by atoms with Gasteiger partial charge in [-0.2, -0.15) is 0 Å². The lowest BCUT2D eigenvalue weighted by Gasteiger charge is -2.16. The van der Waals surface area contributed by atoms with E-state index in [1.165, 1.54) is 0 Å². The van der Waals surface area contributed by atoms with Crippen LogP contribution in [0.5, 0.6) is 0 Å². The lowest BCUT2D eigenvalue weighted by atomic mass is 9.98. The van der Waals surface area contributed by atoms with Crippen molar-refractivity contribution in [3.63, 3.8) is 0 Å². The van der Waals surface area contributed by atoms with Crippen molar-refractivity contribution < 1.29 is 14.6 Å². The van der Waals surface area contributed by atoms with E-state index in [-0.39, 0.29) is 24.2 Å². The lowest BCUT2D eigenvalue weighted by molar-refractivity contribution is -0.117. The summed E-state index contributed by atoms with van der Waals surface area (Å²) in [6.45, 7) is 1.22. The van der Waals surface area contributed by atoms with Crippen LogP contribution in [0.1, 0.15) is 18.4 Å². The summed E-state index contributed by atoms with van der Waals surface area (Å²) < 4.78 is 5.62. The van der Waals surface area contributed by atoms with Crippen molar-refractivity contribution in [2.24, 2.45) is 11.8 Å². The first kappa shape index (κ1) is 12.3. The van der Waals surface area contributed by atoms with E-state index in [2.05, 4.69) is 0 Å². The Morgan fingerprint density at radius 3 is 2.59 bits per heavy atom. The van der Waals surface area contributed by atoms with Gasteiger partial charge in [-0.05, 0) is 17.4 Å². The number of rotatable bonds is 5. The first-order valence-corrected chi connectivity index (χ1v) is 6.04. The molecule has 0 amide bonds. The van der Waals surface area contributed by atoms with E-state index in [9.17, 15) is 4.79 Å². The number of carbonyl (C=O) groups excluding carboxylic acids is 1. The molecular weight excluding hydrogens is 216 g/mol. The largest absolute Gasteiger partial charge is 0.396 e. The number of aliphatic hydroxyl groups is 1. The Morgan fingerprint density at radius 1 is 1.18 bits per heavy atom. The fourth-order valence-electron chi connectivity index (χ4n) is 2.31. The predicted octanol–water partition coefficient (Wildman–Crippen LogP) is 1.79. The minimum atomic E-state index is 0.0884. The van der Waals surface area contributed by atoms with Crippen molar-refractivity contribution in [2.45, 2.75) is 19.4 Å². The van der Waals surface area contributed by atoms with Gasteiger partial charge in [-0.15, -0.1) is 0 Å². The number of aliphatic hydroxyl groups excluding tert-OH is 1. The molecule has 3 nitrogen and oxygen atoms in total. The zero-order valence-corrected chi connectivity index (χ0v) is 9.84. The highest BCUT2D eigenvalue weighted by Gasteiger charge is 2.32. The lowest BCUT2D eigenvalue weighted by Crippen LogP contribution is -2.17. The summed E-state index contributed by atoms with van der Waals surface area (Å²) in [6, 6.07) is 9.97. The smallest absolute Gasteiger partial charge is 0.133 e. The van der Waals surface area contributed by atoms with Gasteiger partial charge in [0, 0.05) is 19.4 Å². The maximum atomic E-state index is 11.3. The highest BCUT2D eigenvalue weighted by molar-refractivity contribution is 5.81. The van der Waals surface area contributed by atoms with Gasteiger partial charge in [-0.1, -0.05) is 30.3 Å². The number of benzene rings is 1. The molecule has 0 spiro atoms. The third-order valence-corrected chi connectivity index (χ3v) is 3.32. The molecule has 1 fully saturated rings. The van der Waals surface area contributed by atoms with Crippen molar-refractivity contribution in [3.05, 3.63) is 35.9 Å². The summed E-state index contributed by atoms with van der Waals surface area (Å²) >= 11 is 0. The number of carbonyl (C=O) groups is 1. The Kier molecular flexibility index (Phi) is 4.29. The fourth-order valence-corrected chi connectivity index (χ4v) is 2.31. The molecule has 1 aromatic carbocycles. The van der Waals surface area contributed by atoms with Gasteiger partial charge in [0.15, 0.2) is 0 Å².